The first kappa shape index (κ1) is 15.0. The summed E-state index contributed by atoms with van der Waals surface area (Å²) >= 11 is 0. The van der Waals surface area contributed by atoms with Crippen molar-refractivity contribution in [1.82, 2.24) is 5.32 Å². The molecular weight excluding hydrogens is 247 g/mol. The van der Waals surface area contributed by atoms with Crippen LogP contribution < -0.4 is 5.32 Å². The van der Waals surface area contributed by atoms with Crippen LogP contribution in [0.25, 0.3) is 0 Å². The molecule has 1 rings (SSSR count). The van der Waals surface area contributed by atoms with Crippen LogP contribution in [0.3, 0.4) is 0 Å². The normalized spacial score (nSPS) is 13.0. The van der Waals surface area contributed by atoms with Gasteiger partial charge in [-0.3, -0.25) is 0 Å². The number of nitrogens with one attached hydrogen (secondary N) is 1. The third kappa shape index (κ3) is 6.66. The molecule has 0 saturated carbocycles. The molecule has 1 heterocycles. The van der Waals surface area contributed by atoms with E-state index in [1.807, 2.05) is 20.8 Å². The first-order chi connectivity index (χ1) is 8.16. The molecule has 0 aliphatic rings. The van der Waals surface area contributed by atoms with Crippen LogP contribution in [0, 0.1) is 0 Å². The third-order valence-corrected chi connectivity index (χ3v) is 2.02. The Kier molecular flexibility index (Phi) is 4.81. The summed E-state index contributed by atoms with van der Waals surface area (Å²) in [4.78, 5) is 0. The lowest BCUT2D eigenvalue weighted by atomic mass is 10.1. The maximum Gasteiger partial charge on any atom is 0.411 e. The second-order valence-corrected chi connectivity index (χ2v) is 5.08. The molecule has 104 valence electrons. The zero-order valence-electron chi connectivity index (χ0n) is 10.7. The van der Waals surface area contributed by atoms with E-state index in [1.165, 1.54) is 0 Å². The largest absolute Gasteiger partial charge is 0.462 e. The minimum Gasteiger partial charge on any atom is -0.462 e. The predicted octanol–water partition coefficient (Wildman–Crippen LogP) is 3.25. The van der Waals surface area contributed by atoms with Crippen molar-refractivity contribution in [2.45, 2.75) is 45.6 Å². The van der Waals surface area contributed by atoms with Gasteiger partial charge < -0.3 is 14.5 Å². The van der Waals surface area contributed by atoms with E-state index in [0.29, 0.717) is 18.1 Å². The lowest BCUT2D eigenvalue weighted by Crippen LogP contribution is -2.34. The Balaban J connectivity index is 2.35. The van der Waals surface area contributed by atoms with Gasteiger partial charge in [-0.05, 0) is 32.9 Å². The minimum atomic E-state index is -4.30. The Hall–Kier alpha value is -1.01. The summed E-state index contributed by atoms with van der Waals surface area (Å²) in [5.74, 6) is 1.07. The monoisotopic (exact) mass is 265 g/mol. The Labute approximate surface area is 104 Å². The SMILES string of the molecule is CC(C)(C)NCc1ccc(COCC(F)(F)F)o1. The van der Waals surface area contributed by atoms with Gasteiger partial charge in [-0.2, -0.15) is 13.2 Å². The van der Waals surface area contributed by atoms with Crippen molar-refractivity contribution < 1.29 is 22.3 Å². The van der Waals surface area contributed by atoms with Gasteiger partial charge in [0.15, 0.2) is 0 Å². The number of ether oxygens (including phenoxy) is 1. The van der Waals surface area contributed by atoms with E-state index in [9.17, 15) is 13.2 Å². The van der Waals surface area contributed by atoms with Gasteiger partial charge in [0.05, 0.1) is 6.54 Å². The molecular formula is C12H18F3NO2. The number of hydrogen-bond donors (Lipinski definition) is 1. The second-order valence-electron chi connectivity index (χ2n) is 5.08. The Morgan fingerprint density at radius 2 is 1.78 bits per heavy atom. The fraction of sp³-hybridized carbons (Fsp3) is 0.667. The van der Waals surface area contributed by atoms with E-state index in [-0.39, 0.29) is 12.1 Å². The van der Waals surface area contributed by atoms with Gasteiger partial charge >= 0.3 is 6.18 Å². The first-order valence-corrected chi connectivity index (χ1v) is 5.63. The molecule has 1 aromatic heterocycles. The average Bonchev–Trinajstić information content (AvgIpc) is 2.60. The standard InChI is InChI=1S/C12H18F3NO2/c1-11(2,3)16-6-9-4-5-10(18-9)7-17-8-12(13,14)15/h4-5,16H,6-8H2,1-3H3. The molecule has 0 unspecified atom stereocenters. The number of furan rings is 1. The summed E-state index contributed by atoms with van der Waals surface area (Å²) in [7, 11) is 0. The molecule has 0 saturated heterocycles. The van der Waals surface area contributed by atoms with Gasteiger partial charge in [-0.1, -0.05) is 0 Å². The minimum absolute atomic E-state index is 0.0419. The van der Waals surface area contributed by atoms with Gasteiger partial charge in [-0.15, -0.1) is 0 Å². The molecule has 3 nitrogen and oxygen atoms in total. The van der Waals surface area contributed by atoms with Crippen LogP contribution in [0.4, 0.5) is 13.2 Å². The zero-order valence-corrected chi connectivity index (χ0v) is 10.7. The van der Waals surface area contributed by atoms with E-state index in [4.69, 9.17) is 4.42 Å². The molecule has 0 bridgehead atoms. The molecule has 0 atom stereocenters. The first-order valence-electron chi connectivity index (χ1n) is 5.63. The van der Waals surface area contributed by atoms with Crippen LogP contribution in [0.1, 0.15) is 32.3 Å². The van der Waals surface area contributed by atoms with Crippen LogP contribution in [0.15, 0.2) is 16.5 Å². The van der Waals surface area contributed by atoms with E-state index >= 15 is 0 Å². The zero-order chi connectivity index (χ0) is 13.8. The van der Waals surface area contributed by atoms with Gasteiger partial charge in [-0.25, -0.2) is 0 Å². The fourth-order valence-corrected chi connectivity index (χ4v) is 1.21. The summed E-state index contributed by atoms with van der Waals surface area (Å²) in [6.07, 6.45) is -4.30. The molecule has 18 heavy (non-hydrogen) atoms. The van der Waals surface area contributed by atoms with Crippen molar-refractivity contribution in [2.75, 3.05) is 6.61 Å². The lowest BCUT2D eigenvalue weighted by Gasteiger charge is -2.19. The Morgan fingerprint density at radius 1 is 1.17 bits per heavy atom. The highest BCUT2D eigenvalue weighted by Crippen LogP contribution is 2.16. The summed E-state index contributed by atoms with van der Waals surface area (Å²) in [6.45, 7) is 5.15. The molecule has 0 fully saturated rings. The van der Waals surface area contributed by atoms with Gasteiger partial charge in [0.25, 0.3) is 0 Å². The van der Waals surface area contributed by atoms with Crippen molar-refractivity contribution in [2.24, 2.45) is 0 Å². The number of halogens is 3. The number of rotatable bonds is 5. The third-order valence-electron chi connectivity index (χ3n) is 2.02. The average molecular weight is 265 g/mol. The molecule has 0 aliphatic carbocycles. The Morgan fingerprint density at radius 3 is 2.33 bits per heavy atom. The molecule has 0 spiro atoms. The van der Waals surface area contributed by atoms with Crippen molar-refractivity contribution in [3.63, 3.8) is 0 Å². The smallest absolute Gasteiger partial charge is 0.411 e. The summed E-state index contributed by atoms with van der Waals surface area (Å²) < 4.78 is 45.4. The van der Waals surface area contributed by atoms with E-state index in [0.717, 1.165) is 0 Å². The highest BCUT2D eigenvalue weighted by atomic mass is 19.4. The van der Waals surface area contributed by atoms with Crippen molar-refractivity contribution in [3.8, 4) is 0 Å². The lowest BCUT2D eigenvalue weighted by molar-refractivity contribution is -0.177. The van der Waals surface area contributed by atoms with Gasteiger partial charge in [0, 0.05) is 5.54 Å². The molecule has 6 heteroatoms. The van der Waals surface area contributed by atoms with Crippen molar-refractivity contribution in [1.29, 1.82) is 0 Å². The second kappa shape index (κ2) is 5.75. The highest BCUT2D eigenvalue weighted by molar-refractivity contribution is 5.06. The van der Waals surface area contributed by atoms with Crippen LogP contribution >= 0.6 is 0 Å². The summed E-state index contributed by atoms with van der Waals surface area (Å²) in [6, 6.07) is 3.35. The topological polar surface area (TPSA) is 34.4 Å². The van der Waals surface area contributed by atoms with Crippen LogP contribution in [0.2, 0.25) is 0 Å². The quantitative estimate of drug-likeness (QED) is 0.887. The van der Waals surface area contributed by atoms with Crippen LogP contribution in [0.5, 0.6) is 0 Å². The molecule has 0 radical (unpaired) electrons. The number of hydrogen-bond acceptors (Lipinski definition) is 3. The van der Waals surface area contributed by atoms with Crippen molar-refractivity contribution in [3.05, 3.63) is 23.7 Å². The molecule has 1 N–H and O–H groups in total. The molecule has 1 aromatic rings. The van der Waals surface area contributed by atoms with Gasteiger partial charge in [0.2, 0.25) is 0 Å². The van der Waals surface area contributed by atoms with E-state index < -0.39 is 12.8 Å². The predicted molar refractivity (Wildman–Crippen MR) is 61.0 cm³/mol. The van der Waals surface area contributed by atoms with Crippen LogP contribution in [-0.4, -0.2) is 18.3 Å². The van der Waals surface area contributed by atoms with Gasteiger partial charge in [0.1, 0.15) is 24.7 Å². The Bertz CT molecular complexity index is 366. The van der Waals surface area contributed by atoms with Crippen LogP contribution in [-0.2, 0) is 17.9 Å². The maximum atomic E-state index is 11.8. The van der Waals surface area contributed by atoms with E-state index in [2.05, 4.69) is 10.1 Å². The van der Waals surface area contributed by atoms with E-state index in [1.54, 1.807) is 12.1 Å². The van der Waals surface area contributed by atoms with Crippen molar-refractivity contribution >= 4 is 0 Å². The fourth-order valence-electron chi connectivity index (χ4n) is 1.21. The molecule has 0 aromatic carbocycles. The maximum absolute atomic E-state index is 11.8. The highest BCUT2D eigenvalue weighted by Gasteiger charge is 2.27. The number of alkyl halides is 3. The summed E-state index contributed by atoms with van der Waals surface area (Å²) in [5, 5.41) is 3.22. The summed E-state index contributed by atoms with van der Waals surface area (Å²) in [5.41, 5.74) is -0.0419. The molecule has 0 aliphatic heterocycles. The molecule has 0 amide bonds.